The van der Waals surface area contributed by atoms with Crippen LogP contribution in [0.3, 0.4) is 0 Å². The number of carbonyl (C=O) groups is 2. The lowest BCUT2D eigenvalue weighted by Crippen LogP contribution is -2.22. The van der Waals surface area contributed by atoms with Crippen LogP contribution in [0.4, 0.5) is 5.69 Å². The Hall–Kier alpha value is -2.94. The van der Waals surface area contributed by atoms with Crippen molar-refractivity contribution >= 4 is 51.9 Å². The number of nitriles is 2. The molecule has 1 heterocycles. The minimum Gasteiger partial charge on any atom is -0.326 e. The smallest absolute Gasteiger partial charge is 0.270 e. The topological polar surface area (TPSA) is 97.0 Å². The molecule has 1 saturated heterocycles. The van der Waals surface area contributed by atoms with Crippen molar-refractivity contribution in [3.63, 3.8) is 0 Å². The molecule has 1 aliphatic rings. The van der Waals surface area contributed by atoms with Gasteiger partial charge in [0.2, 0.25) is 5.91 Å². The number of hydrogen-bond donors (Lipinski definition) is 1. The fourth-order valence-electron chi connectivity index (χ4n) is 1.82. The van der Waals surface area contributed by atoms with Crippen LogP contribution in [0, 0.1) is 22.7 Å². The number of amides is 2. The van der Waals surface area contributed by atoms with Gasteiger partial charge in [0.15, 0.2) is 4.32 Å². The Kier molecular flexibility index (Phi) is 5.48. The molecular formula is C16H10N4O2S2. The molecule has 0 bridgehead atoms. The summed E-state index contributed by atoms with van der Waals surface area (Å²) in [6.45, 7) is 1.42. The van der Waals surface area contributed by atoms with Crippen LogP contribution in [0.1, 0.15) is 12.5 Å². The van der Waals surface area contributed by atoms with E-state index in [-0.39, 0.29) is 21.7 Å². The Morgan fingerprint density at radius 1 is 1.29 bits per heavy atom. The summed E-state index contributed by atoms with van der Waals surface area (Å²) in [5.41, 5.74) is 1.21. The Balaban J connectivity index is 2.23. The van der Waals surface area contributed by atoms with Gasteiger partial charge in [-0.1, -0.05) is 36.1 Å². The van der Waals surface area contributed by atoms with Crippen LogP contribution in [-0.2, 0) is 9.59 Å². The van der Waals surface area contributed by atoms with Crippen LogP contribution in [0.5, 0.6) is 0 Å². The molecule has 1 fully saturated rings. The zero-order valence-corrected chi connectivity index (χ0v) is 14.1. The van der Waals surface area contributed by atoms with Gasteiger partial charge in [0.25, 0.3) is 5.91 Å². The Bertz CT molecular complexity index is 842. The van der Waals surface area contributed by atoms with Gasteiger partial charge in [-0.3, -0.25) is 14.5 Å². The molecule has 1 aromatic rings. The lowest BCUT2D eigenvalue weighted by Gasteiger charge is -2.06. The van der Waals surface area contributed by atoms with E-state index in [2.05, 4.69) is 5.32 Å². The highest BCUT2D eigenvalue weighted by molar-refractivity contribution is 8.26. The number of thiocarbonyl (C=S) groups is 1. The van der Waals surface area contributed by atoms with Gasteiger partial charge in [0, 0.05) is 18.8 Å². The minimum atomic E-state index is -0.390. The van der Waals surface area contributed by atoms with Crippen LogP contribution in [0.15, 0.2) is 40.9 Å². The summed E-state index contributed by atoms with van der Waals surface area (Å²) in [5.74, 6) is -0.555. The highest BCUT2D eigenvalue weighted by Gasteiger charge is 2.31. The molecule has 2 amide bonds. The molecule has 0 unspecified atom stereocenters. The van der Waals surface area contributed by atoms with Gasteiger partial charge in [-0.25, -0.2) is 0 Å². The van der Waals surface area contributed by atoms with Crippen molar-refractivity contribution in [3.8, 4) is 12.1 Å². The normalized spacial score (nSPS) is 15.0. The second-order valence-electron chi connectivity index (χ2n) is 4.62. The quantitative estimate of drug-likeness (QED) is 0.509. The molecule has 0 spiro atoms. The summed E-state index contributed by atoms with van der Waals surface area (Å²) in [4.78, 5) is 24.8. The summed E-state index contributed by atoms with van der Waals surface area (Å²) in [6.07, 6.45) is 2.79. The Labute approximate surface area is 148 Å². The van der Waals surface area contributed by atoms with Crippen LogP contribution in [0.2, 0.25) is 0 Å². The number of carbonyl (C=O) groups excluding carboxylic acids is 2. The molecule has 1 N–H and O–H groups in total. The zero-order chi connectivity index (χ0) is 17.7. The molecular weight excluding hydrogens is 344 g/mol. The van der Waals surface area contributed by atoms with E-state index in [9.17, 15) is 9.59 Å². The maximum Gasteiger partial charge on any atom is 0.270 e. The van der Waals surface area contributed by atoms with E-state index < -0.39 is 0 Å². The summed E-state index contributed by atoms with van der Waals surface area (Å²) in [5, 5.41) is 20.2. The average Bonchev–Trinajstić information content (AvgIpc) is 2.80. The summed E-state index contributed by atoms with van der Waals surface area (Å²) in [7, 11) is 0. The average molecular weight is 354 g/mol. The number of nitrogens with zero attached hydrogens (tertiary/aromatic N) is 3. The molecule has 0 saturated carbocycles. The monoisotopic (exact) mass is 354 g/mol. The first-order valence-corrected chi connectivity index (χ1v) is 7.84. The highest BCUT2D eigenvalue weighted by Crippen LogP contribution is 2.33. The molecule has 1 aromatic carbocycles. The minimum absolute atomic E-state index is 0.166. The highest BCUT2D eigenvalue weighted by atomic mass is 32.2. The summed E-state index contributed by atoms with van der Waals surface area (Å²) < 4.78 is 0.254. The van der Waals surface area contributed by atoms with Crippen molar-refractivity contribution in [1.82, 2.24) is 4.90 Å². The third-order valence-electron chi connectivity index (χ3n) is 2.85. The number of allylic oxidation sites excluding steroid dienone is 1. The van der Waals surface area contributed by atoms with E-state index in [1.165, 1.54) is 6.92 Å². The van der Waals surface area contributed by atoms with Gasteiger partial charge in [-0.05, 0) is 23.8 Å². The first kappa shape index (κ1) is 17.4. The van der Waals surface area contributed by atoms with Crippen molar-refractivity contribution in [2.75, 3.05) is 5.32 Å². The molecule has 0 radical (unpaired) electrons. The van der Waals surface area contributed by atoms with Crippen molar-refractivity contribution in [2.45, 2.75) is 6.92 Å². The summed E-state index contributed by atoms with van der Waals surface area (Å²) >= 11 is 6.20. The number of hydrogen-bond acceptors (Lipinski definition) is 6. The predicted molar refractivity (Wildman–Crippen MR) is 95.1 cm³/mol. The van der Waals surface area contributed by atoms with Crippen LogP contribution >= 0.6 is 24.0 Å². The molecule has 0 aromatic heterocycles. The van der Waals surface area contributed by atoms with Crippen molar-refractivity contribution < 1.29 is 9.59 Å². The van der Waals surface area contributed by atoms with E-state index in [4.69, 9.17) is 22.7 Å². The fourth-order valence-corrected chi connectivity index (χ4v) is 3.03. The second-order valence-corrected chi connectivity index (χ2v) is 6.30. The van der Waals surface area contributed by atoms with Gasteiger partial charge in [-0.2, -0.15) is 10.5 Å². The molecule has 0 aliphatic carbocycles. The van der Waals surface area contributed by atoms with Crippen molar-refractivity contribution in [1.29, 1.82) is 10.5 Å². The molecule has 24 heavy (non-hydrogen) atoms. The standard InChI is InChI=1S/C16H10N4O2S2/c1-10(21)19-13-4-2-11(3-5-13)6-14-15(22)20(16(23)24-14)9-12(7-17)8-18/h2-6,9H,1H3,(H,19,21)/b14-6+. The Morgan fingerprint density at radius 3 is 2.46 bits per heavy atom. The Morgan fingerprint density at radius 2 is 1.92 bits per heavy atom. The maximum absolute atomic E-state index is 12.3. The van der Waals surface area contributed by atoms with Crippen LogP contribution < -0.4 is 5.32 Å². The number of benzene rings is 1. The summed E-state index contributed by atoms with van der Waals surface area (Å²) in [6, 6.07) is 10.3. The van der Waals surface area contributed by atoms with Gasteiger partial charge in [0.05, 0.1) is 4.91 Å². The molecule has 0 atom stereocenters. The fraction of sp³-hybridized carbons (Fsp3) is 0.0625. The number of nitrogens with one attached hydrogen (secondary N) is 1. The number of rotatable bonds is 3. The van der Waals surface area contributed by atoms with Crippen molar-refractivity contribution in [2.24, 2.45) is 0 Å². The van der Waals surface area contributed by atoms with E-state index in [0.717, 1.165) is 28.4 Å². The zero-order valence-electron chi connectivity index (χ0n) is 12.4. The van der Waals surface area contributed by atoms with Gasteiger partial charge >= 0.3 is 0 Å². The van der Waals surface area contributed by atoms with E-state index >= 15 is 0 Å². The maximum atomic E-state index is 12.3. The SMILES string of the molecule is CC(=O)Nc1ccc(/C=C2/SC(=S)N(C=C(C#N)C#N)C2=O)cc1. The lowest BCUT2D eigenvalue weighted by atomic mass is 10.2. The first-order valence-electron chi connectivity index (χ1n) is 6.61. The first-order chi connectivity index (χ1) is 11.4. The largest absolute Gasteiger partial charge is 0.326 e. The third kappa shape index (κ3) is 4.07. The number of thioether (sulfide) groups is 1. The molecule has 6 nitrogen and oxygen atoms in total. The van der Waals surface area contributed by atoms with Crippen LogP contribution in [0.25, 0.3) is 6.08 Å². The molecule has 8 heteroatoms. The molecule has 118 valence electrons. The third-order valence-corrected chi connectivity index (χ3v) is 4.18. The van der Waals surface area contributed by atoms with Gasteiger partial charge < -0.3 is 5.32 Å². The van der Waals surface area contributed by atoms with Crippen molar-refractivity contribution in [3.05, 3.63) is 46.5 Å². The van der Waals surface area contributed by atoms with Gasteiger partial charge in [0.1, 0.15) is 17.7 Å². The van der Waals surface area contributed by atoms with E-state index in [0.29, 0.717) is 10.6 Å². The molecule has 2 rings (SSSR count). The predicted octanol–water partition coefficient (Wildman–Crippen LogP) is 2.78. The van der Waals surface area contributed by atoms with E-state index in [1.54, 1.807) is 42.5 Å². The van der Waals surface area contributed by atoms with E-state index in [1.807, 2.05) is 0 Å². The lowest BCUT2D eigenvalue weighted by molar-refractivity contribution is -0.120. The molecule has 1 aliphatic heterocycles. The van der Waals surface area contributed by atoms with Gasteiger partial charge in [-0.15, -0.1) is 0 Å². The second kappa shape index (κ2) is 7.55. The van der Waals surface area contributed by atoms with Crippen LogP contribution in [-0.4, -0.2) is 21.0 Å². The number of anilines is 1.